The largest absolute Gasteiger partial charge is 0.352 e. The number of anilines is 3. The van der Waals surface area contributed by atoms with E-state index in [0.717, 1.165) is 6.20 Å². The average molecular weight is 343 g/mol. The van der Waals surface area contributed by atoms with E-state index in [-0.39, 0.29) is 29.5 Å². The van der Waals surface area contributed by atoms with Gasteiger partial charge in [-0.05, 0) is 26.0 Å². The number of nitrogens with zero attached hydrogens (tertiary/aromatic N) is 5. The van der Waals surface area contributed by atoms with Crippen molar-refractivity contribution in [3.63, 3.8) is 0 Å². The number of nitrogens with one attached hydrogen (secondary N) is 2. The van der Waals surface area contributed by atoms with Gasteiger partial charge in [-0.2, -0.15) is 15.0 Å². The molecule has 0 bridgehead atoms. The predicted octanol–water partition coefficient (Wildman–Crippen LogP) is 3.17. The first-order chi connectivity index (χ1) is 12.0. The van der Waals surface area contributed by atoms with E-state index in [1.807, 2.05) is 13.8 Å². The average Bonchev–Trinajstić information content (AvgIpc) is 2.54. The molecule has 3 heterocycles. The molecule has 0 saturated carbocycles. The summed E-state index contributed by atoms with van der Waals surface area (Å²) in [6.07, 6.45) is 3.95. The van der Waals surface area contributed by atoms with Gasteiger partial charge >= 0.3 is 0 Å². The van der Waals surface area contributed by atoms with Gasteiger partial charge in [0.1, 0.15) is 11.5 Å². The predicted molar refractivity (Wildman–Crippen MR) is 89.3 cm³/mol. The molecule has 2 N–H and O–H groups in total. The Morgan fingerprint density at radius 3 is 2.56 bits per heavy atom. The summed E-state index contributed by atoms with van der Waals surface area (Å²) in [5, 5.41) is 5.86. The Labute approximate surface area is 142 Å². The van der Waals surface area contributed by atoms with Gasteiger partial charge < -0.3 is 10.6 Å². The van der Waals surface area contributed by atoms with Crippen LogP contribution < -0.4 is 10.6 Å². The first-order valence-electron chi connectivity index (χ1n) is 7.52. The van der Waals surface area contributed by atoms with Crippen LogP contribution in [0, 0.1) is 11.6 Å². The maximum atomic E-state index is 14.0. The van der Waals surface area contributed by atoms with Crippen LogP contribution >= 0.6 is 0 Å². The summed E-state index contributed by atoms with van der Waals surface area (Å²) in [5.74, 6) is -0.635. The van der Waals surface area contributed by atoms with Crippen molar-refractivity contribution in [3.8, 4) is 11.5 Å². The Bertz CT molecular complexity index is 886. The van der Waals surface area contributed by atoms with Crippen molar-refractivity contribution >= 4 is 17.6 Å². The van der Waals surface area contributed by atoms with Crippen LogP contribution in [-0.4, -0.2) is 31.0 Å². The number of rotatable bonds is 5. The van der Waals surface area contributed by atoms with Crippen molar-refractivity contribution in [1.29, 1.82) is 0 Å². The van der Waals surface area contributed by atoms with Gasteiger partial charge in [0.25, 0.3) is 0 Å². The Balaban J connectivity index is 2.02. The molecule has 0 atom stereocenters. The second kappa shape index (κ2) is 7.12. The number of halogens is 2. The van der Waals surface area contributed by atoms with Gasteiger partial charge in [-0.15, -0.1) is 0 Å². The molecule has 0 fully saturated rings. The smallest absolute Gasteiger partial charge is 0.232 e. The SMILES string of the molecule is CC(C)Nc1nc(Nc2cncc(F)c2)nc(-c2ncccc2F)n1. The summed E-state index contributed by atoms with van der Waals surface area (Å²) in [5.41, 5.74) is 0.353. The van der Waals surface area contributed by atoms with Crippen LogP contribution in [-0.2, 0) is 0 Å². The van der Waals surface area contributed by atoms with Crippen LogP contribution in [0.2, 0.25) is 0 Å². The van der Waals surface area contributed by atoms with Crippen LogP contribution in [0.25, 0.3) is 11.5 Å². The molecule has 0 aromatic carbocycles. The normalized spacial score (nSPS) is 10.8. The molecule has 25 heavy (non-hydrogen) atoms. The lowest BCUT2D eigenvalue weighted by Crippen LogP contribution is -2.15. The third kappa shape index (κ3) is 4.19. The molecule has 0 amide bonds. The lowest BCUT2D eigenvalue weighted by atomic mass is 10.3. The van der Waals surface area contributed by atoms with Gasteiger partial charge in [0.05, 0.1) is 18.1 Å². The molecule has 0 spiro atoms. The van der Waals surface area contributed by atoms with Crippen LogP contribution in [0.1, 0.15) is 13.8 Å². The van der Waals surface area contributed by atoms with Crippen LogP contribution in [0.4, 0.5) is 26.4 Å². The fraction of sp³-hybridized carbons (Fsp3) is 0.188. The Morgan fingerprint density at radius 1 is 1.04 bits per heavy atom. The number of pyridine rings is 2. The number of hydrogen-bond donors (Lipinski definition) is 2. The minimum absolute atomic E-state index is 0.00266. The molecule has 0 aliphatic rings. The minimum atomic E-state index is -0.553. The van der Waals surface area contributed by atoms with E-state index in [1.165, 1.54) is 30.6 Å². The van der Waals surface area contributed by atoms with E-state index in [2.05, 4.69) is 35.6 Å². The van der Waals surface area contributed by atoms with Crippen LogP contribution in [0.5, 0.6) is 0 Å². The summed E-state index contributed by atoms with van der Waals surface area (Å²) in [7, 11) is 0. The lowest BCUT2D eigenvalue weighted by Gasteiger charge is -2.12. The quantitative estimate of drug-likeness (QED) is 0.735. The third-order valence-corrected chi connectivity index (χ3v) is 2.98. The topological polar surface area (TPSA) is 88.5 Å². The Kier molecular flexibility index (Phi) is 4.73. The van der Waals surface area contributed by atoms with Gasteiger partial charge in [-0.3, -0.25) is 4.98 Å². The molecule has 0 saturated heterocycles. The molecule has 3 aromatic heterocycles. The summed E-state index contributed by atoms with van der Waals surface area (Å²) in [4.78, 5) is 20.3. The molecule has 7 nitrogen and oxygen atoms in total. The number of hydrogen-bond acceptors (Lipinski definition) is 7. The van der Waals surface area contributed by atoms with Crippen molar-refractivity contribution < 1.29 is 8.78 Å². The zero-order valence-corrected chi connectivity index (χ0v) is 13.5. The summed E-state index contributed by atoms with van der Waals surface area (Å²) < 4.78 is 27.3. The highest BCUT2D eigenvalue weighted by molar-refractivity contribution is 5.58. The number of aromatic nitrogens is 5. The maximum Gasteiger partial charge on any atom is 0.232 e. The molecule has 9 heteroatoms. The highest BCUT2D eigenvalue weighted by atomic mass is 19.1. The molecule has 0 unspecified atom stereocenters. The van der Waals surface area contributed by atoms with Crippen molar-refractivity contribution in [1.82, 2.24) is 24.9 Å². The monoisotopic (exact) mass is 343 g/mol. The Morgan fingerprint density at radius 2 is 1.84 bits per heavy atom. The molecule has 3 aromatic rings. The van der Waals surface area contributed by atoms with E-state index in [4.69, 9.17) is 0 Å². The van der Waals surface area contributed by atoms with E-state index < -0.39 is 11.6 Å². The minimum Gasteiger partial charge on any atom is -0.352 e. The van der Waals surface area contributed by atoms with Crippen molar-refractivity contribution in [2.75, 3.05) is 10.6 Å². The molecule has 0 aliphatic carbocycles. The zero-order chi connectivity index (χ0) is 17.8. The van der Waals surface area contributed by atoms with Crippen LogP contribution in [0.3, 0.4) is 0 Å². The second-order valence-electron chi connectivity index (χ2n) is 5.46. The summed E-state index contributed by atoms with van der Waals surface area (Å²) >= 11 is 0. The molecule has 0 aliphatic heterocycles. The van der Waals surface area contributed by atoms with E-state index in [0.29, 0.717) is 5.69 Å². The summed E-state index contributed by atoms with van der Waals surface area (Å²) in [6, 6.07) is 4.04. The van der Waals surface area contributed by atoms with Crippen molar-refractivity contribution in [2.24, 2.45) is 0 Å². The lowest BCUT2D eigenvalue weighted by molar-refractivity contribution is 0.622. The molecule has 128 valence electrons. The van der Waals surface area contributed by atoms with Gasteiger partial charge in [0.15, 0.2) is 11.6 Å². The van der Waals surface area contributed by atoms with Gasteiger partial charge in [-0.25, -0.2) is 13.8 Å². The standard InChI is InChI=1S/C16H15F2N7/c1-9(2)21-15-23-14(13-12(18)4-3-5-20-13)24-16(25-15)22-11-6-10(17)7-19-8-11/h3-9H,1-2H3,(H2,21,22,23,24,25). The Hall–Kier alpha value is -3.23. The maximum absolute atomic E-state index is 14.0. The van der Waals surface area contributed by atoms with Gasteiger partial charge in [0, 0.05) is 18.3 Å². The molecular weight excluding hydrogens is 328 g/mol. The highest BCUT2D eigenvalue weighted by Crippen LogP contribution is 2.21. The second-order valence-corrected chi connectivity index (χ2v) is 5.46. The van der Waals surface area contributed by atoms with Gasteiger partial charge in [-0.1, -0.05) is 0 Å². The fourth-order valence-electron chi connectivity index (χ4n) is 2.02. The van der Waals surface area contributed by atoms with Crippen LogP contribution in [0.15, 0.2) is 36.8 Å². The summed E-state index contributed by atoms with van der Waals surface area (Å²) in [6.45, 7) is 3.82. The van der Waals surface area contributed by atoms with E-state index >= 15 is 0 Å². The first kappa shape index (κ1) is 16.6. The zero-order valence-electron chi connectivity index (χ0n) is 13.5. The van der Waals surface area contributed by atoms with Crippen molar-refractivity contribution in [2.45, 2.75) is 19.9 Å². The molecular formula is C16H15F2N7. The fourth-order valence-corrected chi connectivity index (χ4v) is 2.02. The highest BCUT2D eigenvalue weighted by Gasteiger charge is 2.14. The molecule has 0 radical (unpaired) electrons. The first-order valence-corrected chi connectivity index (χ1v) is 7.52. The van der Waals surface area contributed by atoms with Gasteiger partial charge in [0.2, 0.25) is 11.9 Å². The third-order valence-electron chi connectivity index (χ3n) is 2.98. The molecule has 3 rings (SSSR count). The van der Waals surface area contributed by atoms with E-state index in [1.54, 1.807) is 0 Å². The van der Waals surface area contributed by atoms with E-state index in [9.17, 15) is 8.78 Å². The van der Waals surface area contributed by atoms with Crippen molar-refractivity contribution in [3.05, 3.63) is 48.4 Å².